The molecule has 2 aromatic rings. The number of benzene rings is 1. The van der Waals surface area contributed by atoms with Gasteiger partial charge in [0, 0.05) is 36.6 Å². The standard InChI is InChI=1S/C16H18FN3S/c1-20(9-6-12-4-7-19-8-5-12)11-14-10-13(16(18)21)2-3-15(14)17/h2-5,7-8,10H,6,9,11H2,1H3,(H2,18,21). The monoisotopic (exact) mass is 303 g/mol. The quantitative estimate of drug-likeness (QED) is 0.833. The highest BCUT2D eigenvalue weighted by atomic mass is 32.1. The third-order valence-corrected chi connectivity index (χ3v) is 3.54. The fourth-order valence-corrected chi connectivity index (χ4v) is 2.22. The third kappa shape index (κ3) is 4.58. The summed E-state index contributed by atoms with van der Waals surface area (Å²) in [6.07, 6.45) is 4.46. The lowest BCUT2D eigenvalue weighted by molar-refractivity contribution is 0.325. The number of pyridine rings is 1. The SMILES string of the molecule is CN(CCc1ccncc1)Cc1cc(C(N)=S)ccc1F. The Labute approximate surface area is 129 Å². The molecule has 2 N–H and O–H groups in total. The highest BCUT2D eigenvalue weighted by Crippen LogP contribution is 2.13. The Balaban J connectivity index is 1.97. The van der Waals surface area contributed by atoms with E-state index in [1.165, 1.54) is 11.6 Å². The Kier molecular flexibility index (Phi) is 5.36. The van der Waals surface area contributed by atoms with Gasteiger partial charge in [0.2, 0.25) is 0 Å². The maximum Gasteiger partial charge on any atom is 0.127 e. The topological polar surface area (TPSA) is 42.2 Å². The number of rotatable bonds is 6. The number of nitrogens with two attached hydrogens (primary N) is 1. The number of hydrogen-bond donors (Lipinski definition) is 1. The molecule has 0 bridgehead atoms. The average molecular weight is 303 g/mol. The van der Waals surface area contributed by atoms with Crippen LogP contribution < -0.4 is 5.73 Å². The minimum absolute atomic E-state index is 0.231. The maximum atomic E-state index is 13.8. The minimum atomic E-state index is -0.231. The van der Waals surface area contributed by atoms with Crippen LogP contribution in [0.15, 0.2) is 42.7 Å². The zero-order valence-electron chi connectivity index (χ0n) is 11.9. The van der Waals surface area contributed by atoms with Crippen molar-refractivity contribution in [1.29, 1.82) is 0 Å². The molecule has 110 valence electrons. The highest BCUT2D eigenvalue weighted by molar-refractivity contribution is 7.80. The minimum Gasteiger partial charge on any atom is -0.389 e. The largest absolute Gasteiger partial charge is 0.389 e. The molecule has 0 aliphatic heterocycles. The van der Waals surface area contributed by atoms with Crippen LogP contribution in [0.5, 0.6) is 0 Å². The van der Waals surface area contributed by atoms with Gasteiger partial charge in [0.05, 0.1) is 0 Å². The molecule has 0 amide bonds. The van der Waals surface area contributed by atoms with Crippen molar-refractivity contribution < 1.29 is 4.39 Å². The predicted octanol–water partition coefficient (Wildman–Crippen LogP) is 2.53. The molecular weight excluding hydrogens is 285 g/mol. The second-order valence-corrected chi connectivity index (χ2v) is 5.45. The van der Waals surface area contributed by atoms with Crippen LogP contribution in [-0.4, -0.2) is 28.5 Å². The molecule has 3 nitrogen and oxygen atoms in total. The first-order chi connectivity index (χ1) is 10.1. The van der Waals surface area contributed by atoms with Gasteiger partial charge in [0.25, 0.3) is 0 Å². The Morgan fingerprint density at radius 1 is 1.29 bits per heavy atom. The Bertz CT molecular complexity index is 616. The molecule has 0 unspecified atom stereocenters. The molecular formula is C16H18FN3S. The number of thiocarbonyl (C=S) groups is 1. The number of aromatic nitrogens is 1. The first-order valence-corrected chi connectivity index (χ1v) is 7.13. The second kappa shape index (κ2) is 7.24. The van der Waals surface area contributed by atoms with E-state index in [-0.39, 0.29) is 10.8 Å². The molecule has 0 aliphatic rings. The fourth-order valence-electron chi connectivity index (χ4n) is 2.09. The van der Waals surface area contributed by atoms with Crippen molar-refractivity contribution in [3.8, 4) is 0 Å². The van der Waals surface area contributed by atoms with Gasteiger partial charge >= 0.3 is 0 Å². The lowest BCUT2D eigenvalue weighted by Crippen LogP contribution is -2.22. The van der Waals surface area contributed by atoms with Gasteiger partial charge in [-0.3, -0.25) is 4.98 Å². The van der Waals surface area contributed by atoms with Gasteiger partial charge in [-0.05, 0) is 49.4 Å². The van der Waals surface area contributed by atoms with Gasteiger partial charge in [0.1, 0.15) is 10.8 Å². The molecule has 5 heteroatoms. The van der Waals surface area contributed by atoms with Crippen molar-refractivity contribution in [1.82, 2.24) is 9.88 Å². The van der Waals surface area contributed by atoms with Crippen molar-refractivity contribution in [3.05, 3.63) is 65.2 Å². The zero-order valence-corrected chi connectivity index (χ0v) is 12.7. The van der Waals surface area contributed by atoms with E-state index in [2.05, 4.69) is 9.88 Å². The molecule has 1 aromatic heterocycles. The molecule has 0 saturated heterocycles. The Morgan fingerprint density at radius 3 is 2.67 bits per heavy atom. The van der Waals surface area contributed by atoms with Gasteiger partial charge in [-0.1, -0.05) is 12.2 Å². The summed E-state index contributed by atoms with van der Waals surface area (Å²) < 4.78 is 13.8. The third-order valence-electron chi connectivity index (χ3n) is 3.30. The molecule has 0 aliphatic carbocycles. The molecule has 0 atom stereocenters. The van der Waals surface area contributed by atoms with E-state index in [1.54, 1.807) is 24.5 Å². The van der Waals surface area contributed by atoms with Crippen molar-refractivity contribution in [2.75, 3.05) is 13.6 Å². The molecule has 0 radical (unpaired) electrons. The van der Waals surface area contributed by atoms with Gasteiger partial charge < -0.3 is 10.6 Å². The van der Waals surface area contributed by atoms with E-state index < -0.39 is 0 Å². The summed E-state index contributed by atoms with van der Waals surface area (Å²) >= 11 is 4.93. The summed E-state index contributed by atoms with van der Waals surface area (Å²) in [5, 5.41) is 0. The summed E-state index contributed by atoms with van der Waals surface area (Å²) in [4.78, 5) is 6.35. The van der Waals surface area contributed by atoms with Crippen molar-refractivity contribution in [3.63, 3.8) is 0 Å². The fraction of sp³-hybridized carbons (Fsp3) is 0.250. The van der Waals surface area contributed by atoms with E-state index in [0.29, 0.717) is 17.7 Å². The lowest BCUT2D eigenvalue weighted by atomic mass is 10.1. The number of halogens is 1. The van der Waals surface area contributed by atoms with Crippen LogP contribution in [0.4, 0.5) is 4.39 Å². The molecule has 0 fully saturated rings. The van der Waals surface area contributed by atoms with Crippen LogP contribution in [0.2, 0.25) is 0 Å². The number of nitrogens with zero attached hydrogens (tertiary/aromatic N) is 2. The molecule has 21 heavy (non-hydrogen) atoms. The van der Waals surface area contributed by atoms with E-state index in [1.807, 2.05) is 19.2 Å². The van der Waals surface area contributed by atoms with Crippen molar-refractivity contribution >= 4 is 17.2 Å². The van der Waals surface area contributed by atoms with Crippen molar-refractivity contribution in [2.24, 2.45) is 5.73 Å². The van der Waals surface area contributed by atoms with Crippen molar-refractivity contribution in [2.45, 2.75) is 13.0 Å². The van der Waals surface area contributed by atoms with Crippen LogP contribution in [-0.2, 0) is 13.0 Å². The van der Waals surface area contributed by atoms with Gasteiger partial charge in [-0.2, -0.15) is 0 Å². The summed E-state index contributed by atoms with van der Waals surface area (Å²) in [6.45, 7) is 1.36. The average Bonchev–Trinajstić information content (AvgIpc) is 2.48. The summed E-state index contributed by atoms with van der Waals surface area (Å²) in [5.74, 6) is -0.231. The predicted molar refractivity (Wildman–Crippen MR) is 86.6 cm³/mol. The molecule has 0 saturated carbocycles. The summed E-state index contributed by atoms with van der Waals surface area (Å²) in [5.41, 5.74) is 8.11. The Morgan fingerprint density at radius 2 is 2.00 bits per heavy atom. The van der Waals surface area contributed by atoms with Gasteiger partial charge in [-0.25, -0.2) is 4.39 Å². The van der Waals surface area contributed by atoms with Gasteiger partial charge in [-0.15, -0.1) is 0 Å². The summed E-state index contributed by atoms with van der Waals surface area (Å²) in [6, 6.07) is 8.73. The van der Waals surface area contributed by atoms with Gasteiger partial charge in [0.15, 0.2) is 0 Å². The van der Waals surface area contributed by atoms with Crippen LogP contribution in [0.25, 0.3) is 0 Å². The number of hydrogen-bond acceptors (Lipinski definition) is 3. The van der Waals surface area contributed by atoms with E-state index in [4.69, 9.17) is 18.0 Å². The normalized spacial score (nSPS) is 10.8. The first kappa shape index (κ1) is 15.5. The Hall–Kier alpha value is -1.85. The van der Waals surface area contributed by atoms with Crippen LogP contribution >= 0.6 is 12.2 Å². The van der Waals surface area contributed by atoms with E-state index in [9.17, 15) is 4.39 Å². The number of likely N-dealkylation sites (N-methyl/N-ethyl adjacent to an activating group) is 1. The van der Waals surface area contributed by atoms with Crippen LogP contribution in [0, 0.1) is 5.82 Å². The summed E-state index contributed by atoms with van der Waals surface area (Å²) in [7, 11) is 1.97. The molecule has 1 aromatic carbocycles. The van der Waals surface area contributed by atoms with Crippen LogP contribution in [0.1, 0.15) is 16.7 Å². The van der Waals surface area contributed by atoms with E-state index in [0.717, 1.165) is 13.0 Å². The van der Waals surface area contributed by atoms with E-state index >= 15 is 0 Å². The maximum absolute atomic E-state index is 13.8. The van der Waals surface area contributed by atoms with Crippen LogP contribution in [0.3, 0.4) is 0 Å². The smallest absolute Gasteiger partial charge is 0.127 e. The molecule has 0 spiro atoms. The highest BCUT2D eigenvalue weighted by Gasteiger charge is 2.08. The second-order valence-electron chi connectivity index (χ2n) is 5.01. The molecule has 1 heterocycles. The molecule has 2 rings (SSSR count). The first-order valence-electron chi connectivity index (χ1n) is 6.72. The zero-order chi connectivity index (χ0) is 15.2. The lowest BCUT2D eigenvalue weighted by Gasteiger charge is -2.17.